The Morgan fingerprint density at radius 1 is 1.33 bits per heavy atom. The van der Waals surface area contributed by atoms with Gasteiger partial charge in [0.25, 0.3) is 0 Å². The number of benzene rings is 1. The molecule has 2 aliphatic heterocycles. The summed E-state index contributed by atoms with van der Waals surface area (Å²) >= 11 is 0. The maximum absolute atomic E-state index is 11.7. The lowest BCUT2D eigenvalue weighted by Gasteiger charge is -2.03. The normalized spacial score (nSPS) is 10.9. The SMILES string of the molecule is CCOC(=O)c1nnc2c3ccccc3occ1-2. The number of carbonyl (C=O) groups is 1. The van der Waals surface area contributed by atoms with Gasteiger partial charge >= 0.3 is 5.97 Å². The van der Waals surface area contributed by atoms with E-state index in [1.165, 1.54) is 6.26 Å². The van der Waals surface area contributed by atoms with Gasteiger partial charge in [-0.25, -0.2) is 4.79 Å². The van der Waals surface area contributed by atoms with Crippen molar-refractivity contribution in [2.24, 2.45) is 0 Å². The summed E-state index contributed by atoms with van der Waals surface area (Å²) < 4.78 is 10.4. The summed E-state index contributed by atoms with van der Waals surface area (Å²) in [6, 6.07) is 7.48. The maximum atomic E-state index is 11.7. The van der Waals surface area contributed by atoms with Gasteiger partial charge in [-0.2, -0.15) is 0 Å². The first-order chi connectivity index (χ1) is 8.81. The lowest BCUT2D eigenvalue weighted by molar-refractivity contribution is 0.0520. The van der Waals surface area contributed by atoms with E-state index in [4.69, 9.17) is 9.15 Å². The average molecular weight is 242 g/mol. The highest BCUT2D eigenvalue weighted by Crippen LogP contribution is 2.31. The van der Waals surface area contributed by atoms with E-state index in [1.807, 2.05) is 24.3 Å². The molecule has 3 rings (SSSR count). The van der Waals surface area contributed by atoms with Crippen LogP contribution in [0.1, 0.15) is 17.4 Å². The van der Waals surface area contributed by atoms with Gasteiger partial charge in [0, 0.05) is 5.39 Å². The number of esters is 1. The molecule has 0 unspecified atom stereocenters. The van der Waals surface area contributed by atoms with Crippen LogP contribution in [0.3, 0.4) is 0 Å². The molecule has 0 amide bonds. The summed E-state index contributed by atoms with van der Waals surface area (Å²) in [5.41, 5.74) is 2.13. The molecule has 18 heavy (non-hydrogen) atoms. The Kier molecular flexibility index (Phi) is 2.44. The molecule has 90 valence electrons. The van der Waals surface area contributed by atoms with Crippen molar-refractivity contribution in [3.05, 3.63) is 36.2 Å². The number of rotatable bonds is 2. The Balaban J connectivity index is 2.20. The molecule has 0 aliphatic carbocycles. The van der Waals surface area contributed by atoms with Crippen LogP contribution < -0.4 is 0 Å². The molecule has 0 radical (unpaired) electrons. The third-order valence-electron chi connectivity index (χ3n) is 2.67. The average Bonchev–Trinajstić information content (AvgIpc) is 2.83. The number of hydrogen-bond acceptors (Lipinski definition) is 5. The topological polar surface area (TPSA) is 65.2 Å². The molecule has 0 saturated heterocycles. The van der Waals surface area contributed by atoms with Crippen LogP contribution in [-0.2, 0) is 4.74 Å². The van der Waals surface area contributed by atoms with Crippen LogP contribution in [-0.4, -0.2) is 22.8 Å². The summed E-state index contributed by atoms with van der Waals surface area (Å²) in [6.45, 7) is 2.05. The maximum Gasteiger partial charge on any atom is 0.359 e. The second kappa shape index (κ2) is 4.10. The number of fused-ring (bicyclic) bond motifs is 3. The fourth-order valence-corrected chi connectivity index (χ4v) is 1.87. The smallest absolute Gasteiger partial charge is 0.359 e. The highest BCUT2D eigenvalue weighted by atomic mass is 16.5. The summed E-state index contributed by atoms with van der Waals surface area (Å²) in [7, 11) is 0. The quantitative estimate of drug-likeness (QED) is 0.646. The number of nitrogens with zero attached hydrogens (tertiary/aromatic N) is 2. The van der Waals surface area contributed by atoms with E-state index >= 15 is 0 Å². The molecule has 1 aromatic rings. The molecule has 5 nitrogen and oxygen atoms in total. The van der Waals surface area contributed by atoms with Crippen LogP contribution >= 0.6 is 0 Å². The molecule has 0 aromatic heterocycles. The van der Waals surface area contributed by atoms with Crippen molar-refractivity contribution in [1.29, 1.82) is 0 Å². The Morgan fingerprint density at radius 3 is 3.00 bits per heavy atom. The Bertz CT molecular complexity index is 690. The Labute approximate surface area is 103 Å². The molecule has 0 fully saturated rings. The van der Waals surface area contributed by atoms with Crippen molar-refractivity contribution in [3.63, 3.8) is 0 Å². The molecule has 2 aliphatic rings. The first-order valence-corrected chi connectivity index (χ1v) is 5.61. The third-order valence-corrected chi connectivity index (χ3v) is 2.67. The molecule has 5 heteroatoms. The van der Waals surface area contributed by atoms with Gasteiger partial charge in [0.1, 0.15) is 17.5 Å². The van der Waals surface area contributed by atoms with Gasteiger partial charge in [-0.3, -0.25) is 0 Å². The van der Waals surface area contributed by atoms with Crippen molar-refractivity contribution in [3.8, 4) is 11.3 Å². The van der Waals surface area contributed by atoms with Crippen molar-refractivity contribution in [1.82, 2.24) is 10.2 Å². The third kappa shape index (κ3) is 1.52. The van der Waals surface area contributed by atoms with Gasteiger partial charge in [-0.05, 0) is 19.1 Å². The fourth-order valence-electron chi connectivity index (χ4n) is 1.87. The highest BCUT2D eigenvalue weighted by molar-refractivity contribution is 6.01. The van der Waals surface area contributed by atoms with E-state index in [2.05, 4.69) is 10.2 Å². The van der Waals surface area contributed by atoms with E-state index in [9.17, 15) is 4.79 Å². The van der Waals surface area contributed by atoms with Crippen LogP contribution in [0.5, 0.6) is 0 Å². The molecule has 0 saturated carbocycles. The lowest BCUT2D eigenvalue weighted by Crippen LogP contribution is -2.05. The van der Waals surface area contributed by atoms with Crippen molar-refractivity contribution >= 4 is 16.9 Å². The summed E-state index contributed by atoms with van der Waals surface area (Å²) in [4.78, 5) is 11.7. The molecule has 1 aromatic carbocycles. The fraction of sp³-hybridized carbons (Fsp3) is 0.154. The number of ether oxygens (including phenoxy) is 1. The second-order valence-electron chi connectivity index (χ2n) is 3.76. The minimum atomic E-state index is -0.481. The van der Waals surface area contributed by atoms with Crippen molar-refractivity contribution in [2.75, 3.05) is 6.61 Å². The summed E-state index contributed by atoms with van der Waals surface area (Å²) in [5, 5.41) is 8.75. The molecular formula is C13H10N2O3. The monoisotopic (exact) mass is 242 g/mol. The van der Waals surface area contributed by atoms with Crippen LogP contribution in [0.4, 0.5) is 0 Å². The molecule has 0 N–H and O–H groups in total. The predicted octanol–water partition coefficient (Wildman–Crippen LogP) is 2.50. The first kappa shape index (κ1) is 10.7. The van der Waals surface area contributed by atoms with E-state index in [-0.39, 0.29) is 5.69 Å². The number of para-hydroxylation sites is 1. The van der Waals surface area contributed by atoms with Crippen LogP contribution in [0.25, 0.3) is 22.2 Å². The van der Waals surface area contributed by atoms with E-state index < -0.39 is 5.97 Å². The molecule has 0 atom stereocenters. The van der Waals surface area contributed by atoms with E-state index in [0.717, 1.165) is 5.39 Å². The largest absolute Gasteiger partial charge is 0.463 e. The summed E-state index contributed by atoms with van der Waals surface area (Å²) in [6.07, 6.45) is 1.49. The van der Waals surface area contributed by atoms with Crippen molar-refractivity contribution in [2.45, 2.75) is 6.92 Å². The minimum absolute atomic E-state index is 0.196. The van der Waals surface area contributed by atoms with Crippen LogP contribution in [0.2, 0.25) is 0 Å². The molecule has 2 heterocycles. The minimum Gasteiger partial charge on any atom is -0.463 e. The van der Waals surface area contributed by atoms with E-state index in [0.29, 0.717) is 23.4 Å². The highest BCUT2D eigenvalue weighted by Gasteiger charge is 2.23. The van der Waals surface area contributed by atoms with Crippen LogP contribution in [0.15, 0.2) is 34.9 Å². The number of carbonyl (C=O) groups excluding carboxylic acids is 1. The molecule has 0 spiro atoms. The zero-order valence-corrected chi connectivity index (χ0v) is 9.71. The first-order valence-electron chi connectivity index (χ1n) is 5.61. The molecule has 0 bridgehead atoms. The van der Waals surface area contributed by atoms with Gasteiger partial charge in [-0.15, -0.1) is 10.2 Å². The number of aromatic nitrogens is 2. The van der Waals surface area contributed by atoms with Gasteiger partial charge < -0.3 is 9.15 Å². The van der Waals surface area contributed by atoms with E-state index in [1.54, 1.807) is 6.92 Å². The standard InChI is InChI=1S/C13H10N2O3/c1-2-17-13(16)12-9-7-18-10-6-4-3-5-8(10)11(9)14-15-12/h3-7H,2H2,1H3. The Morgan fingerprint density at radius 2 is 2.17 bits per heavy atom. The van der Waals surface area contributed by atoms with Gasteiger partial charge in [0.2, 0.25) is 0 Å². The van der Waals surface area contributed by atoms with Crippen LogP contribution in [0, 0.1) is 0 Å². The second-order valence-corrected chi connectivity index (χ2v) is 3.76. The predicted molar refractivity (Wildman–Crippen MR) is 64.4 cm³/mol. The van der Waals surface area contributed by atoms with Crippen molar-refractivity contribution < 1.29 is 13.9 Å². The zero-order chi connectivity index (χ0) is 12.5. The lowest BCUT2D eigenvalue weighted by atomic mass is 10.1. The number of hydrogen-bond donors (Lipinski definition) is 0. The van der Waals surface area contributed by atoms with Gasteiger partial charge in [-0.1, -0.05) is 12.1 Å². The summed E-state index contributed by atoms with van der Waals surface area (Å²) in [5.74, 6) is -0.481. The zero-order valence-electron chi connectivity index (χ0n) is 9.71. The van der Waals surface area contributed by atoms with Gasteiger partial charge in [0.05, 0.1) is 12.2 Å². The Hall–Kier alpha value is -2.43. The van der Waals surface area contributed by atoms with Gasteiger partial charge in [0.15, 0.2) is 5.69 Å². The molecular weight excluding hydrogens is 232 g/mol.